The van der Waals surface area contributed by atoms with Crippen molar-refractivity contribution in [2.24, 2.45) is 11.8 Å². The van der Waals surface area contributed by atoms with E-state index >= 15 is 0 Å². The number of hydrogen-bond acceptors (Lipinski definition) is 6. The van der Waals surface area contributed by atoms with E-state index in [2.05, 4.69) is 34.0 Å². The van der Waals surface area contributed by atoms with E-state index in [4.69, 9.17) is 4.52 Å². The zero-order valence-electron chi connectivity index (χ0n) is 14.9. The minimum atomic E-state index is 0.268. The lowest BCUT2D eigenvalue weighted by atomic mass is 9.94. The Morgan fingerprint density at radius 2 is 2.32 bits per heavy atom. The van der Waals surface area contributed by atoms with Gasteiger partial charge in [0.1, 0.15) is 5.69 Å². The summed E-state index contributed by atoms with van der Waals surface area (Å²) in [5.74, 6) is 2.14. The summed E-state index contributed by atoms with van der Waals surface area (Å²) >= 11 is 0. The Balaban J connectivity index is 1.58. The van der Waals surface area contributed by atoms with Gasteiger partial charge in [-0.25, -0.2) is 4.98 Å². The van der Waals surface area contributed by atoms with E-state index in [9.17, 15) is 4.79 Å². The normalized spacial score (nSPS) is 19.0. The van der Waals surface area contributed by atoms with Crippen molar-refractivity contribution in [3.8, 4) is 11.5 Å². The van der Waals surface area contributed by atoms with Crippen molar-refractivity contribution in [3.05, 3.63) is 24.5 Å². The fourth-order valence-electron chi connectivity index (χ4n) is 3.13. The van der Waals surface area contributed by atoms with E-state index in [1.54, 1.807) is 18.6 Å². The molecule has 0 N–H and O–H groups in total. The first-order valence-corrected chi connectivity index (χ1v) is 9.02. The molecule has 2 atom stereocenters. The predicted molar refractivity (Wildman–Crippen MR) is 92.4 cm³/mol. The van der Waals surface area contributed by atoms with Crippen LogP contribution < -0.4 is 0 Å². The van der Waals surface area contributed by atoms with E-state index < -0.39 is 0 Å². The second-order valence-corrected chi connectivity index (χ2v) is 6.87. The summed E-state index contributed by atoms with van der Waals surface area (Å²) in [6.07, 6.45) is 9.31. The van der Waals surface area contributed by atoms with E-state index in [1.807, 2.05) is 4.90 Å². The van der Waals surface area contributed by atoms with Crippen LogP contribution in [0.5, 0.6) is 0 Å². The molecule has 1 fully saturated rings. The van der Waals surface area contributed by atoms with Crippen molar-refractivity contribution in [1.29, 1.82) is 0 Å². The molecular weight excluding hydrogens is 318 g/mol. The van der Waals surface area contributed by atoms with Gasteiger partial charge >= 0.3 is 0 Å². The monoisotopic (exact) mass is 343 g/mol. The molecule has 1 aliphatic rings. The van der Waals surface area contributed by atoms with Gasteiger partial charge in [-0.1, -0.05) is 25.4 Å². The molecule has 2 aromatic heterocycles. The molecular formula is C18H25N5O2. The van der Waals surface area contributed by atoms with Gasteiger partial charge in [-0.3, -0.25) is 9.78 Å². The van der Waals surface area contributed by atoms with Gasteiger partial charge < -0.3 is 9.42 Å². The molecule has 7 heteroatoms. The maximum atomic E-state index is 12.4. The van der Waals surface area contributed by atoms with E-state index in [0.29, 0.717) is 42.1 Å². The lowest BCUT2D eigenvalue weighted by molar-refractivity contribution is -0.134. The van der Waals surface area contributed by atoms with Gasteiger partial charge in [0.2, 0.25) is 17.6 Å². The van der Waals surface area contributed by atoms with Gasteiger partial charge in [0.25, 0.3) is 0 Å². The highest BCUT2D eigenvalue weighted by molar-refractivity contribution is 5.76. The highest BCUT2D eigenvalue weighted by Crippen LogP contribution is 2.23. The van der Waals surface area contributed by atoms with Gasteiger partial charge in [0.05, 0.1) is 6.20 Å². The van der Waals surface area contributed by atoms with E-state index in [0.717, 1.165) is 32.4 Å². The second kappa shape index (κ2) is 8.18. The van der Waals surface area contributed by atoms with E-state index in [-0.39, 0.29) is 5.91 Å². The molecule has 2 unspecified atom stereocenters. The molecule has 1 aliphatic heterocycles. The molecule has 3 heterocycles. The van der Waals surface area contributed by atoms with Crippen LogP contribution in [0.15, 0.2) is 23.1 Å². The first kappa shape index (κ1) is 17.5. The molecule has 25 heavy (non-hydrogen) atoms. The van der Waals surface area contributed by atoms with Crippen molar-refractivity contribution in [3.63, 3.8) is 0 Å². The van der Waals surface area contributed by atoms with Crippen LogP contribution in [0.3, 0.4) is 0 Å². The summed E-state index contributed by atoms with van der Waals surface area (Å²) in [5.41, 5.74) is 0.603. The third-order valence-corrected chi connectivity index (χ3v) is 4.82. The van der Waals surface area contributed by atoms with Crippen LogP contribution in [0.25, 0.3) is 11.5 Å². The first-order chi connectivity index (χ1) is 12.2. The van der Waals surface area contributed by atoms with Crippen LogP contribution in [0.4, 0.5) is 0 Å². The summed E-state index contributed by atoms with van der Waals surface area (Å²) in [5, 5.41) is 3.99. The van der Waals surface area contributed by atoms with Crippen molar-refractivity contribution in [2.45, 2.75) is 46.0 Å². The number of amides is 1. The van der Waals surface area contributed by atoms with Crippen molar-refractivity contribution >= 4 is 5.91 Å². The van der Waals surface area contributed by atoms with Crippen LogP contribution in [0.1, 0.15) is 45.4 Å². The third-order valence-electron chi connectivity index (χ3n) is 4.82. The first-order valence-electron chi connectivity index (χ1n) is 9.02. The largest absolute Gasteiger partial charge is 0.342 e. The topological polar surface area (TPSA) is 85.0 Å². The fraction of sp³-hybridized carbons (Fsp3) is 0.611. The Hall–Kier alpha value is -2.31. The molecule has 0 radical (unpaired) electrons. The molecule has 1 amide bonds. The lowest BCUT2D eigenvalue weighted by Gasteiger charge is -2.32. The van der Waals surface area contributed by atoms with Gasteiger partial charge in [-0.2, -0.15) is 4.98 Å². The number of carbonyl (C=O) groups is 1. The number of nitrogens with zero attached hydrogens (tertiary/aromatic N) is 5. The number of carbonyl (C=O) groups excluding carboxylic acids is 1. The maximum absolute atomic E-state index is 12.4. The summed E-state index contributed by atoms with van der Waals surface area (Å²) in [6.45, 7) is 5.89. The van der Waals surface area contributed by atoms with Gasteiger partial charge in [0.15, 0.2) is 0 Å². The third kappa shape index (κ3) is 4.61. The van der Waals surface area contributed by atoms with Gasteiger partial charge in [-0.05, 0) is 24.7 Å². The van der Waals surface area contributed by atoms with E-state index in [1.165, 1.54) is 0 Å². The molecule has 0 aliphatic carbocycles. The number of rotatable bonds is 6. The number of piperidine rings is 1. The Bertz CT molecular complexity index is 688. The SMILES string of the molecule is CCC(C)CC(=O)N1CCCC(Cc2nc(-c3cnccn3)no2)C1. The molecule has 0 saturated carbocycles. The molecule has 7 nitrogen and oxygen atoms in total. The van der Waals surface area contributed by atoms with Crippen LogP contribution >= 0.6 is 0 Å². The summed E-state index contributed by atoms with van der Waals surface area (Å²) in [6, 6.07) is 0. The Morgan fingerprint density at radius 3 is 3.08 bits per heavy atom. The molecule has 0 bridgehead atoms. The highest BCUT2D eigenvalue weighted by Gasteiger charge is 2.26. The summed E-state index contributed by atoms with van der Waals surface area (Å²) in [7, 11) is 0. The standard InChI is InChI=1S/C18H25N5O2/c1-3-13(2)9-17(24)23-8-4-5-14(12-23)10-16-21-18(22-25-16)15-11-19-6-7-20-15/h6-7,11,13-14H,3-5,8-10,12H2,1-2H3. The molecule has 0 spiro atoms. The zero-order chi connectivity index (χ0) is 17.6. The van der Waals surface area contributed by atoms with Gasteiger partial charge in [0, 0.05) is 38.3 Å². The molecule has 3 rings (SSSR count). The maximum Gasteiger partial charge on any atom is 0.227 e. The molecule has 2 aromatic rings. The fourth-order valence-corrected chi connectivity index (χ4v) is 3.13. The zero-order valence-corrected chi connectivity index (χ0v) is 14.9. The number of likely N-dealkylation sites (tertiary alicyclic amines) is 1. The van der Waals surface area contributed by atoms with Crippen molar-refractivity contribution in [1.82, 2.24) is 25.0 Å². The average molecular weight is 343 g/mol. The van der Waals surface area contributed by atoms with Crippen molar-refractivity contribution in [2.75, 3.05) is 13.1 Å². The Morgan fingerprint density at radius 1 is 1.44 bits per heavy atom. The van der Waals surface area contributed by atoms with Crippen LogP contribution in [-0.4, -0.2) is 44.0 Å². The Kier molecular flexibility index (Phi) is 5.73. The minimum Gasteiger partial charge on any atom is -0.342 e. The predicted octanol–water partition coefficient (Wildman–Crippen LogP) is 2.74. The van der Waals surface area contributed by atoms with Crippen LogP contribution in [-0.2, 0) is 11.2 Å². The highest BCUT2D eigenvalue weighted by atomic mass is 16.5. The smallest absolute Gasteiger partial charge is 0.227 e. The second-order valence-electron chi connectivity index (χ2n) is 6.87. The van der Waals surface area contributed by atoms with Crippen LogP contribution in [0.2, 0.25) is 0 Å². The molecule has 0 aromatic carbocycles. The van der Waals surface area contributed by atoms with Gasteiger partial charge in [-0.15, -0.1) is 0 Å². The van der Waals surface area contributed by atoms with Crippen molar-refractivity contribution < 1.29 is 9.32 Å². The number of hydrogen-bond donors (Lipinski definition) is 0. The minimum absolute atomic E-state index is 0.268. The molecule has 1 saturated heterocycles. The van der Waals surface area contributed by atoms with Crippen LogP contribution in [0, 0.1) is 11.8 Å². The molecule has 134 valence electrons. The quantitative estimate of drug-likeness (QED) is 0.802. The lowest BCUT2D eigenvalue weighted by Crippen LogP contribution is -2.41. The summed E-state index contributed by atoms with van der Waals surface area (Å²) in [4.78, 5) is 27.0. The summed E-state index contributed by atoms with van der Waals surface area (Å²) < 4.78 is 5.37. The average Bonchev–Trinajstić information content (AvgIpc) is 3.11. The number of aromatic nitrogens is 4. The Labute approximate surface area is 147 Å².